The minimum atomic E-state index is -0.701. The smallest absolute Gasteiger partial charge is 0.191 e. The number of guanidine groups is 1. The Labute approximate surface area is 122 Å². The predicted octanol–water partition coefficient (Wildman–Crippen LogP) is 1.87. The molecule has 20 heavy (non-hydrogen) atoms. The van der Waals surface area contributed by atoms with Crippen LogP contribution in [-0.4, -0.2) is 44.7 Å². The summed E-state index contributed by atoms with van der Waals surface area (Å²) < 4.78 is 31.2. The maximum absolute atomic E-state index is 13.3. The Morgan fingerprint density at radius 3 is 2.70 bits per heavy atom. The average molecular weight is 303 g/mol. The molecule has 1 aromatic rings. The highest BCUT2D eigenvalue weighted by atomic mass is 32.2. The highest BCUT2D eigenvalue weighted by Gasteiger charge is 2.04. The van der Waals surface area contributed by atoms with E-state index in [-0.39, 0.29) is 12.4 Å². The number of nitrogens with zero attached hydrogens (tertiary/aromatic N) is 1. The lowest BCUT2D eigenvalue weighted by Gasteiger charge is -2.12. The minimum absolute atomic E-state index is 0.0403. The van der Waals surface area contributed by atoms with Crippen LogP contribution in [-0.2, 0) is 0 Å². The van der Waals surface area contributed by atoms with Crippen LogP contribution < -0.4 is 15.4 Å². The van der Waals surface area contributed by atoms with Gasteiger partial charge in [-0.3, -0.25) is 4.99 Å². The molecular weight excluding hydrogens is 284 g/mol. The number of hydrogen-bond acceptors (Lipinski definition) is 3. The van der Waals surface area contributed by atoms with Crippen LogP contribution in [0, 0.1) is 11.6 Å². The normalized spacial score (nSPS) is 11.3. The molecule has 0 aromatic heterocycles. The third kappa shape index (κ3) is 6.10. The molecule has 0 spiro atoms. The quantitative estimate of drug-likeness (QED) is 0.459. The van der Waals surface area contributed by atoms with Crippen molar-refractivity contribution in [1.29, 1.82) is 0 Å². The summed E-state index contributed by atoms with van der Waals surface area (Å²) in [4.78, 5) is 4.04. The molecule has 0 radical (unpaired) electrons. The van der Waals surface area contributed by atoms with Gasteiger partial charge in [-0.1, -0.05) is 0 Å². The first-order chi connectivity index (χ1) is 9.67. The van der Waals surface area contributed by atoms with Crippen molar-refractivity contribution in [3.63, 3.8) is 0 Å². The van der Waals surface area contributed by atoms with Crippen molar-refractivity contribution in [2.24, 2.45) is 4.99 Å². The van der Waals surface area contributed by atoms with Gasteiger partial charge in [-0.05, 0) is 18.4 Å². The summed E-state index contributed by atoms with van der Waals surface area (Å²) in [5.74, 6) is 0.373. The van der Waals surface area contributed by atoms with Crippen LogP contribution in [0.25, 0.3) is 0 Å². The van der Waals surface area contributed by atoms with Gasteiger partial charge in [0.05, 0.1) is 6.54 Å². The number of thioether (sulfide) groups is 1. The summed E-state index contributed by atoms with van der Waals surface area (Å²) in [5.41, 5.74) is 0. The number of benzene rings is 1. The van der Waals surface area contributed by atoms with Gasteiger partial charge in [-0.2, -0.15) is 11.8 Å². The summed E-state index contributed by atoms with van der Waals surface area (Å²) in [7, 11) is 1.68. The van der Waals surface area contributed by atoms with Crippen LogP contribution in [0.5, 0.6) is 5.75 Å². The van der Waals surface area contributed by atoms with Crippen LogP contribution in [0.3, 0.4) is 0 Å². The van der Waals surface area contributed by atoms with Crippen LogP contribution in [0.1, 0.15) is 0 Å². The van der Waals surface area contributed by atoms with E-state index in [1.54, 1.807) is 18.8 Å². The lowest BCUT2D eigenvalue weighted by molar-refractivity contribution is 0.304. The fourth-order valence-electron chi connectivity index (χ4n) is 1.41. The Hall–Kier alpha value is -1.50. The van der Waals surface area contributed by atoms with Gasteiger partial charge in [0, 0.05) is 25.4 Å². The van der Waals surface area contributed by atoms with Crippen molar-refractivity contribution >= 4 is 17.7 Å². The monoisotopic (exact) mass is 303 g/mol. The minimum Gasteiger partial charge on any atom is -0.489 e. The van der Waals surface area contributed by atoms with E-state index >= 15 is 0 Å². The predicted molar refractivity (Wildman–Crippen MR) is 79.6 cm³/mol. The summed E-state index contributed by atoms with van der Waals surface area (Å²) in [6.45, 7) is 1.54. The van der Waals surface area contributed by atoms with E-state index in [1.807, 2.05) is 6.26 Å². The van der Waals surface area contributed by atoms with Crippen LogP contribution >= 0.6 is 11.8 Å². The topological polar surface area (TPSA) is 45.7 Å². The van der Waals surface area contributed by atoms with Crippen LogP contribution in [0.15, 0.2) is 23.2 Å². The van der Waals surface area contributed by atoms with E-state index in [2.05, 4.69) is 15.6 Å². The number of halogens is 2. The molecule has 0 saturated carbocycles. The van der Waals surface area contributed by atoms with Crippen molar-refractivity contribution in [2.45, 2.75) is 0 Å². The zero-order valence-electron chi connectivity index (χ0n) is 11.6. The molecule has 0 aliphatic carbocycles. The Kier molecular flexibility index (Phi) is 7.79. The first-order valence-electron chi connectivity index (χ1n) is 6.18. The molecule has 2 N–H and O–H groups in total. The Morgan fingerprint density at radius 2 is 2.05 bits per heavy atom. The molecule has 0 atom stereocenters. The van der Waals surface area contributed by atoms with Gasteiger partial charge in [-0.15, -0.1) is 0 Å². The van der Waals surface area contributed by atoms with Gasteiger partial charge in [0.15, 0.2) is 17.5 Å². The first kappa shape index (κ1) is 16.6. The van der Waals surface area contributed by atoms with E-state index in [4.69, 9.17) is 4.74 Å². The molecule has 0 amide bonds. The summed E-state index contributed by atoms with van der Waals surface area (Å²) in [5, 5.41) is 6.16. The first-order valence-corrected chi connectivity index (χ1v) is 7.58. The second-order valence-electron chi connectivity index (χ2n) is 3.84. The molecule has 0 aliphatic rings. The molecule has 0 fully saturated rings. The van der Waals surface area contributed by atoms with Crippen LogP contribution in [0.4, 0.5) is 8.78 Å². The van der Waals surface area contributed by atoms with Crippen LogP contribution in [0.2, 0.25) is 0 Å². The second kappa shape index (κ2) is 9.41. The average Bonchev–Trinajstić information content (AvgIpc) is 2.43. The van der Waals surface area contributed by atoms with Crippen molar-refractivity contribution in [3.8, 4) is 5.75 Å². The number of hydrogen-bond donors (Lipinski definition) is 2. The SMILES string of the molecule is CN=C(NCCOc1ccc(F)cc1F)NCCSC. The van der Waals surface area contributed by atoms with Gasteiger partial charge >= 0.3 is 0 Å². The zero-order valence-corrected chi connectivity index (χ0v) is 12.4. The highest BCUT2D eigenvalue weighted by Crippen LogP contribution is 2.17. The molecule has 0 saturated heterocycles. The molecule has 4 nitrogen and oxygen atoms in total. The number of ether oxygens (including phenoxy) is 1. The second-order valence-corrected chi connectivity index (χ2v) is 4.83. The Morgan fingerprint density at radius 1 is 1.30 bits per heavy atom. The van der Waals surface area contributed by atoms with Gasteiger partial charge in [0.25, 0.3) is 0 Å². The maximum Gasteiger partial charge on any atom is 0.191 e. The van der Waals surface area contributed by atoms with Gasteiger partial charge < -0.3 is 15.4 Å². The molecular formula is C13H19F2N3OS. The van der Waals surface area contributed by atoms with Gasteiger partial charge in [-0.25, -0.2) is 8.78 Å². The molecule has 0 bridgehead atoms. The van der Waals surface area contributed by atoms with E-state index < -0.39 is 11.6 Å². The lowest BCUT2D eigenvalue weighted by atomic mass is 10.3. The zero-order chi connectivity index (χ0) is 14.8. The third-order valence-electron chi connectivity index (χ3n) is 2.37. The van der Waals surface area contributed by atoms with Crippen molar-refractivity contribution in [1.82, 2.24) is 10.6 Å². The standard InChI is InChI=1S/C13H19F2N3OS/c1-16-13(18-6-8-20-2)17-5-7-19-12-4-3-10(14)9-11(12)15/h3-4,9H,5-8H2,1-2H3,(H2,16,17,18). The van der Waals surface area contributed by atoms with E-state index in [0.29, 0.717) is 12.5 Å². The molecule has 1 rings (SSSR count). The summed E-state index contributed by atoms with van der Waals surface area (Å²) in [6.07, 6.45) is 2.03. The molecule has 7 heteroatoms. The van der Waals surface area contributed by atoms with E-state index in [0.717, 1.165) is 24.4 Å². The number of rotatable bonds is 7. The summed E-state index contributed by atoms with van der Waals surface area (Å²) >= 11 is 1.74. The Bertz CT molecular complexity index is 444. The largest absolute Gasteiger partial charge is 0.489 e. The van der Waals surface area contributed by atoms with Crippen molar-refractivity contribution < 1.29 is 13.5 Å². The molecule has 0 unspecified atom stereocenters. The molecule has 0 aliphatic heterocycles. The fraction of sp³-hybridized carbons (Fsp3) is 0.462. The molecule has 0 heterocycles. The van der Waals surface area contributed by atoms with Crippen molar-refractivity contribution in [3.05, 3.63) is 29.8 Å². The maximum atomic E-state index is 13.3. The third-order valence-corrected chi connectivity index (χ3v) is 2.98. The Balaban J connectivity index is 2.26. The van der Waals surface area contributed by atoms with Gasteiger partial charge in [0.2, 0.25) is 0 Å². The molecule has 112 valence electrons. The van der Waals surface area contributed by atoms with Gasteiger partial charge in [0.1, 0.15) is 12.4 Å². The highest BCUT2D eigenvalue weighted by molar-refractivity contribution is 7.98. The summed E-state index contributed by atoms with van der Waals surface area (Å²) in [6, 6.07) is 3.23. The number of aliphatic imine (C=N–C) groups is 1. The number of nitrogens with one attached hydrogen (secondary N) is 2. The van der Waals surface area contributed by atoms with Crippen molar-refractivity contribution in [2.75, 3.05) is 38.8 Å². The lowest BCUT2D eigenvalue weighted by Crippen LogP contribution is -2.40. The molecule has 1 aromatic carbocycles. The fourth-order valence-corrected chi connectivity index (χ4v) is 1.72. The van der Waals surface area contributed by atoms with E-state index in [9.17, 15) is 8.78 Å². The van der Waals surface area contributed by atoms with E-state index in [1.165, 1.54) is 6.07 Å².